The molecule has 2 aromatic carbocycles. The lowest BCUT2D eigenvalue weighted by Gasteiger charge is -2.06. The molecule has 86 valence electrons. The smallest absolute Gasteiger partial charge is 0.150 e. The number of halogens is 2. The third-order valence-electron chi connectivity index (χ3n) is 2.54. The largest absolute Gasteiger partial charge is 0.298 e. The Labute approximate surface area is 97.7 Å². The van der Waals surface area contributed by atoms with Crippen LogP contribution in [-0.2, 0) is 0 Å². The van der Waals surface area contributed by atoms with Crippen LogP contribution in [0.1, 0.15) is 15.9 Å². The van der Waals surface area contributed by atoms with E-state index in [-0.39, 0.29) is 16.7 Å². The van der Waals surface area contributed by atoms with Gasteiger partial charge in [-0.15, -0.1) is 0 Å². The minimum Gasteiger partial charge on any atom is -0.298 e. The zero-order valence-corrected chi connectivity index (χ0v) is 9.21. The molecule has 0 aliphatic heterocycles. The Morgan fingerprint density at radius 3 is 2.35 bits per heavy atom. The molecule has 0 saturated heterocycles. The first kappa shape index (κ1) is 11.5. The van der Waals surface area contributed by atoms with Gasteiger partial charge in [0.15, 0.2) is 0 Å². The number of aryl methyl sites for hydroxylation is 1. The van der Waals surface area contributed by atoms with Crippen LogP contribution in [0.4, 0.5) is 8.78 Å². The number of hydrogen-bond donors (Lipinski definition) is 0. The molecule has 2 rings (SSSR count). The van der Waals surface area contributed by atoms with Crippen molar-refractivity contribution in [1.82, 2.24) is 0 Å². The molecule has 0 heterocycles. The summed E-state index contributed by atoms with van der Waals surface area (Å²) < 4.78 is 27.3. The lowest BCUT2D eigenvalue weighted by Crippen LogP contribution is -1.91. The third-order valence-corrected chi connectivity index (χ3v) is 2.54. The average molecular weight is 232 g/mol. The van der Waals surface area contributed by atoms with E-state index in [4.69, 9.17) is 0 Å². The quantitative estimate of drug-likeness (QED) is 0.720. The standard InChI is InChI=1S/C14H10F2O/c1-9-2-5-13(15)12(6-9)11-4-3-10(8-17)7-14(11)16/h2-8H,1H3. The summed E-state index contributed by atoms with van der Waals surface area (Å²) in [5.41, 5.74) is 1.45. The van der Waals surface area contributed by atoms with Gasteiger partial charge in [-0.05, 0) is 25.1 Å². The van der Waals surface area contributed by atoms with Crippen molar-refractivity contribution in [2.45, 2.75) is 6.92 Å². The minimum absolute atomic E-state index is 0.164. The van der Waals surface area contributed by atoms with E-state index in [9.17, 15) is 13.6 Å². The molecule has 1 nitrogen and oxygen atoms in total. The predicted octanol–water partition coefficient (Wildman–Crippen LogP) is 3.75. The van der Waals surface area contributed by atoms with Gasteiger partial charge in [-0.25, -0.2) is 8.78 Å². The lowest BCUT2D eigenvalue weighted by atomic mass is 10.0. The second-order valence-corrected chi connectivity index (χ2v) is 3.84. The third kappa shape index (κ3) is 2.23. The Bertz CT molecular complexity index is 576. The van der Waals surface area contributed by atoms with Crippen molar-refractivity contribution in [3.8, 4) is 11.1 Å². The first-order valence-electron chi connectivity index (χ1n) is 5.13. The topological polar surface area (TPSA) is 17.1 Å². The maximum Gasteiger partial charge on any atom is 0.150 e. The molecule has 0 saturated carbocycles. The highest BCUT2D eigenvalue weighted by molar-refractivity contribution is 5.77. The number of carbonyl (C=O) groups excluding carboxylic acids is 1. The van der Waals surface area contributed by atoms with E-state index in [0.29, 0.717) is 6.29 Å². The van der Waals surface area contributed by atoms with Gasteiger partial charge in [-0.3, -0.25) is 4.79 Å². The van der Waals surface area contributed by atoms with Gasteiger partial charge in [0.2, 0.25) is 0 Å². The number of benzene rings is 2. The van der Waals surface area contributed by atoms with Crippen LogP contribution in [0.15, 0.2) is 36.4 Å². The summed E-state index contributed by atoms with van der Waals surface area (Å²) in [5, 5.41) is 0. The average Bonchev–Trinajstić information content (AvgIpc) is 2.32. The van der Waals surface area contributed by atoms with Crippen molar-refractivity contribution in [1.29, 1.82) is 0 Å². The number of hydrogen-bond acceptors (Lipinski definition) is 1. The van der Waals surface area contributed by atoms with Crippen LogP contribution in [0.5, 0.6) is 0 Å². The maximum absolute atomic E-state index is 13.7. The molecule has 0 aromatic heterocycles. The summed E-state index contributed by atoms with van der Waals surface area (Å²) in [5.74, 6) is -1.08. The van der Waals surface area contributed by atoms with Crippen LogP contribution < -0.4 is 0 Å². The number of rotatable bonds is 2. The Hall–Kier alpha value is -2.03. The molecule has 0 fully saturated rings. The van der Waals surface area contributed by atoms with Crippen LogP contribution in [0.2, 0.25) is 0 Å². The molecule has 0 spiro atoms. The van der Waals surface area contributed by atoms with Crippen molar-refractivity contribution in [2.75, 3.05) is 0 Å². The normalized spacial score (nSPS) is 10.3. The zero-order chi connectivity index (χ0) is 12.4. The predicted molar refractivity (Wildman–Crippen MR) is 61.9 cm³/mol. The van der Waals surface area contributed by atoms with E-state index >= 15 is 0 Å². The Morgan fingerprint density at radius 1 is 0.941 bits per heavy atom. The summed E-state index contributed by atoms with van der Waals surface area (Å²) in [6.07, 6.45) is 0.555. The van der Waals surface area contributed by atoms with Gasteiger partial charge in [-0.2, -0.15) is 0 Å². The second kappa shape index (κ2) is 4.45. The summed E-state index contributed by atoms with van der Waals surface area (Å²) in [6, 6.07) is 8.48. The van der Waals surface area contributed by atoms with Gasteiger partial charge in [0.25, 0.3) is 0 Å². The van der Waals surface area contributed by atoms with Gasteiger partial charge < -0.3 is 0 Å². The minimum atomic E-state index is -0.598. The molecule has 0 N–H and O–H groups in total. The molecule has 0 bridgehead atoms. The van der Waals surface area contributed by atoms with E-state index in [2.05, 4.69) is 0 Å². The van der Waals surface area contributed by atoms with E-state index < -0.39 is 11.6 Å². The van der Waals surface area contributed by atoms with Gasteiger partial charge in [-0.1, -0.05) is 23.8 Å². The molecule has 2 aromatic rings. The fourth-order valence-electron chi connectivity index (χ4n) is 1.67. The van der Waals surface area contributed by atoms with Gasteiger partial charge >= 0.3 is 0 Å². The van der Waals surface area contributed by atoms with Crippen LogP contribution in [0.25, 0.3) is 11.1 Å². The maximum atomic E-state index is 13.7. The fraction of sp³-hybridized carbons (Fsp3) is 0.0714. The second-order valence-electron chi connectivity index (χ2n) is 3.84. The molecule has 0 radical (unpaired) electrons. The van der Waals surface area contributed by atoms with Crippen LogP contribution in [-0.4, -0.2) is 6.29 Å². The van der Waals surface area contributed by atoms with E-state index in [0.717, 1.165) is 11.6 Å². The van der Waals surface area contributed by atoms with Gasteiger partial charge in [0, 0.05) is 16.7 Å². The van der Waals surface area contributed by atoms with Crippen LogP contribution >= 0.6 is 0 Å². The summed E-state index contributed by atoms with van der Waals surface area (Å²) >= 11 is 0. The molecule has 3 heteroatoms. The molecular formula is C14H10F2O. The summed E-state index contributed by atoms with van der Waals surface area (Å²) in [6.45, 7) is 1.81. The number of aldehydes is 1. The van der Waals surface area contributed by atoms with Gasteiger partial charge in [0.1, 0.15) is 17.9 Å². The first-order chi connectivity index (χ1) is 8.11. The van der Waals surface area contributed by atoms with Crippen molar-refractivity contribution < 1.29 is 13.6 Å². The molecule has 0 atom stereocenters. The molecule has 0 amide bonds. The fourth-order valence-corrected chi connectivity index (χ4v) is 1.67. The highest BCUT2D eigenvalue weighted by atomic mass is 19.1. The SMILES string of the molecule is Cc1ccc(F)c(-c2ccc(C=O)cc2F)c1. The van der Waals surface area contributed by atoms with Crippen molar-refractivity contribution in [3.63, 3.8) is 0 Å². The Morgan fingerprint density at radius 2 is 1.71 bits per heavy atom. The molecule has 17 heavy (non-hydrogen) atoms. The lowest BCUT2D eigenvalue weighted by molar-refractivity contribution is 0.112. The van der Waals surface area contributed by atoms with E-state index in [1.165, 1.54) is 18.2 Å². The zero-order valence-electron chi connectivity index (χ0n) is 9.21. The van der Waals surface area contributed by atoms with Crippen molar-refractivity contribution in [2.24, 2.45) is 0 Å². The molecule has 0 aliphatic carbocycles. The monoisotopic (exact) mass is 232 g/mol. The number of carbonyl (C=O) groups is 1. The van der Waals surface area contributed by atoms with E-state index in [1.54, 1.807) is 19.1 Å². The summed E-state index contributed by atoms with van der Waals surface area (Å²) in [7, 11) is 0. The van der Waals surface area contributed by atoms with Gasteiger partial charge in [0.05, 0.1) is 0 Å². The van der Waals surface area contributed by atoms with Crippen LogP contribution in [0.3, 0.4) is 0 Å². The first-order valence-corrected chi connectivity index (χ1v) is 5.13. The highest BCUT2D eigenvalue weighted by Gasteiger charge is 2.10. The van der Waals surface area contributed by atoms with Crippen molar-refractivity contribution >= 4 is 6.29 Å². The summed E-state index contributed by atoms with van der Waals surface area (Å²) in [4.78, 5) is 10.5. The molecule has 0 aliphatic rings. The Kier molecular flexibility index (Phi) is 3.00. The highest BCUT2D eigenvalue weighted by Crippen LogP contribution is 2.26. The van der Waals surface area contributed by atoms with E-state index in [1.807, 2.05) is 0 Å². The molecular weight excluding hydrogens is 222 g/mol. The molecule has 0 unspecified atom stereocenters. The Balaban J connectivity index is 2.60. The van der Waals surface area contributed by atoms with Crippen LogP contribution in [0, 0.1) is 18.6 Å². The van der Waals surface area contributed by atoms with Crippen molar-refractivity contribution in [3.05, 3.63) is 59.2 Å².